The predicted octanol–water partition coefficient (Wildman–Crippen LogP) is 19.6. The highest BCUT2D eigenvalue weighted by molar-refractivity contribution is 6.19. The summed E-state index contributed by atoms with van der Waals surface area (Å²) in [6.07, 6.45) is 0. The average molecular weight is 982 g/mol. The van der Waals surface area contributed by atoms with Gasteiger partial charge in [-0.1, -0.05) is 194 Å². The maximum Gasteiger partial charge on any atom is 0.159 e. The molecule has 0 saturated heterocycles. The van der Waals surface area contributed by atoms with Gasteiger partial charge in [0.25, 0.3) is 0 Å². The molecule has 0 saturated carbocycles. The number of nitrogens with zero attached hydrogens (tertiary/aromatic N) is 3. The summed E-state index contributed by atoms with van der Waals surface area (Å²) in [6, 6.07) is 104. The largest absolute Gasteiger partial charge is 0.454 e. The van der Waals surface area contributed by atoms with Gasteiger partial charge in [-0.15, -0.1) is 0 Å². The molecule has 2 aliphatic rings. The molecule has 0 bridgehead atoms. The molecule has 0 radical (unpaired) electrons. The molecule has 16 rings (SSSR count). The summed E-state index contributed by atoms with van der Waals surface area (Å²) in [7, 11) is 0. The number of hydrogen-bond acceptors (Lipinski definition) is 3. The Bertz CT molecular complexity index is 4630. The number of rotatable bonds is 8. The van der Waals surface area contributed by atoms with E-state index in [4.69, 9.17) is 4.42 Å². The third-order valence-electron chi connectivity index (χ3n) is 16.4. The van der Waals surface area contributed by atoms with Crippen LogP contribution in [-0.4, -0.2) is 4.57 Å². The fraction of sp³-hybridized carbons (Fsp3) is 0.0137. The van der Waals surface area contributed by atoms with Gasteiger partial charge in [0, 0.05) is 55.7 Å². The van der Waals surface area contributed by atoms with Crippen LogP contribution in [0.1, 0.15) is 22.3 Å². The van der Waals surface area contributed by atoms with E-state index >= 15 is 0 Å². The topological polar surface area (TPSA) is 24.6 Å². The first-order chi connectivity index (χ1) is 38.2. The summed E-state index contributed by atoms with van der Waals surface area (Å²) < 4.78 is 9.40. The fourth-order valence-electron chi connectivity index (χ4n) is 13.2. The van der Waals surface area contributed by atoms with Crippen LogP contribution in [-0.2, 0) is 5.41 Å². The van der Waals surface area contributed by atoms with Gasteiger partial charge in [-0.25, -0.2) is 0 Å². The van der Waals surface area contributed by atoms with E-state index < -0.39 is 5.41 Å². The highest BCUT2D eigenvalue weighted by atomic mass is 16.3. The Morgan fingerprint density at radius 2 is 0.883 bits per heavy atom. The molecule has 0 amide bonds. The number of aromatic nitrogens is 1. The quantitative estimate of drug-likeness (QED) is 0.152. The third-order valence-corrected chi connectivity index (χ3v) is 16.4. The van der Waals surface area contributed by atoms with Gasteiger partial charge >= 0.3 is 0 Å². The second-order valence-electron chi connectivity index (χ2n) is 20.3. The normalized spacial score (nSPS) is 14.0. The number of para-hydroxylation sites is 5. The van der Waals surface area contributed by atoms with Crippen LogP contribution in [0.3, 0.4) is 0 Å². The van der Waals surface area contributed by atoms with Crippen LogP contribution >= 0.6 is 0 Å². The molecule has 4 heteroatoms. The first kappa shape index (κ1) is 43.3. The van der Waals surface area contributed by atoms with Crippen molar-refractivity contribution < 1.29 is 4.42 Å². The van der Waals surface area contributed by atoms with E-state index in [1.54, 1.807) is 0 Å². The molecule has 0 aliphatic heterocycles. The van der Waals surface area contributed by atoms with Gasteiger partial charge in [0.05, 0.1) is 22.1 Å². The third kappa shape index (κ3) is 6.33. The number of benzene rings is 12. The Kier molecular flexibility index (Phi) is 9.52. The minimum Gasteiger partial charge on any atom is -0.454 e. The Morgan fingerprint density at radius 3 is 1.69 bits per heavy atom. The zero-order valence-electron chi connectivity index (χ0n) is 41.9. The maximum atomic E-state index is 6.96. The first-order valence-electron chi connectivity index (χ1n) is 26.5. The Labute approximate surface area is 446 Å². The summed E-state index contributed by atoms with van der Waals surface area (Å²) in [5, 5.41) is 4.69. The molecule has 0 N–H and O–H groups in total. The molecule has 2 aromatic heterocycles. The molecular formula is C73H47N3O. The van der Waals surface area contributed by atoms with Crippen molar-refractivity contribution in [1.82, 2.24) is 4.57 Å². The van der Waals surface area contributed by atoms with Crippen LogP contribution in [0.25, 0.3) is 82.8 Å². The van der Waals surface area contributed by atoms with Crippen molar-refractivity contribution in [3.05, 3.63) is 307 Å². The summed E-state index contributed by atoms with van der Waals surface area (Å²) >= 11 is 0. The van der Waals surface area contributed by atoms with Crippen molar-refractivity contribution in [3.63, 3.8) is 0 Å². The van der Waals surface area contributed by atoms with Crippen molar-refractivity contribution in [3.8, 4) is 39.1 Å². The van der Waals surface area contributed by atoms with E-state index in [9.17, 15) is 0 Å². The van der Waals surface area contributed by atoms with Crippen molar-refractivity contribution in [2.75, 3.05) is 9.80 Å². The SMILES string of the molecule is c1ccc(-c2ccc(N(c3ccccc3)c3cccc(N(c4ccc5c(c4)C4(c6ccccc6-5)c5ccccc5-c5c4ccc4c5c5ccccc5n4-c4ccccc4)c4cccc5c4oc4ccccc45)c3)cc2)cc1. The molecule has 1 spiro atoms. The Balaban J connectivity index is 0.942. The first-order valence-corrected chi connectivity index (χ1v) is 26.5. The van der Waals surface area contributed by atoms with Gasteiger partial charge in [0.1, 0.15) is 5.58 Å². The van der Waals surface area contributed by atoms with Gasteiger partial charge in [-0.05, 0) is 147 Å². The molecule has 2 aliphatic carbocycles. The molecule has 1 unspecified atom stereocenters. The summed E-state index contributed by atoms with van der Waals surface area (Å²) in [5.74, 6) is 0. The summed E-state index contributed by atoms with van der Waals surface area (Å²) in [6.45, 7) is 0. The lowest BCUT2D eigenvalue weighted by atomic mass is 9.70. The molecule has 0 fully saturated rings. The van der Waals surface area contributed by atoms with Gasteiger partial charge in [-0.3, -0.25) is 0 Å². The second-order valence-corrected chi connectivity index (χ2v) is 20.3. The lowest BCUT2D eigenvalue weighted by Gasteiger charge is -2.32. The highest BCUT2D eigenvalue weighted by Crippen LogP contribution is 2.65. The van der Waals surface area contributed by atoms with Crippen molar-refractivity contribution in [1.29, 1.82) is 0 Å². The van der Waals surface area contributed by atoms with Gasteiger partial charge in [0.15, 0.2) is 5.58 Å². The van der Waals surface area contributed by atoms with Crippen LogP contribution in [0.2, 0.25) is 0 Å². The van der Waals surface area contributed by atoms with E-state index in [1.807, 2.05) is 0 Å². The van der Waals surface area contributed by atoms with E-state index in [0.717, 1.165) is 61.8 Å². The monoisotopic (exact) mass is 981 g/mol. The summed E-state index contributed by atoms with van der Waals surface area (Å²) in [4.78, 5) is 4.78. The zero-order valence-corrected chi connectivity index (χ0v) is 41.9. The van der Waals surface area contributed by atoms with Crippen LogP contribution in [0.15, 0.2) is 290 Å². The molecule has 360 valence electrons. The smallest absolute Gasteiger partial charge is 0.159 e. The lowest BCUT2D eigenvalue weighted by Crippen LogP contribution is -2.26. The van der Waals surface area contributed by atoms with Gasteiger partial charge in [-0.2, -0.15) is 0 Å². The van der Waals surface area contributed by atoms with E-state index in [2.05, 4.69) is 299 Å². The molecule has 12 aromatic carbocycles. The van der Waals surface area contributed by atoms with Crippen LogP contribution in [0.4, 0.5) is 34.1 Å². The van der Waals surface area contributed by atoms with E-state index in [1.165, 1.54) is 77.4 Å². The average Bonchev–Trinajstić information content (AvgIpc) is 3.47. The van der Waals surface area contributed by atoms with E-state index in [-0.39, 0.29) is 0 Å². The molecule has 2 heterocycles. The molecular weight excluding hydrogens is 935 g/mol. The Morgan fingerprint density at radius 1 is 0.325 bits per heavy atom. The maximum absolute atomic E-state index is 6.96. The number of fused-ring (bicyclic) bond motifs is 17. The molecule has 1 atom stereocenters. The number of anilines is 6. The lowest BCUT2D eigenvalue weighted by molar-refractivity contribution is 0.669. The Hall–Kier alpha value is -10.2. The van der Waals surface area contributed by atoms with E-state index in [0.29, 0.717) is 0 Å². The highest BCUT2D eigenvalue weighted by Gasteiger charge is 2.52. The predicted molar refractivity (Wildman–Crippen MR) is 319 cm³/mol. The van der Waals surface area contributed by atoms with Crippen molar-refractivity contribution in [2.24, 2.45) is 0 Å². The molecule has 14 aromatic rings. The molecule has 77 heavy (non-hydrogen) atoms. The standard InChI is InChI=1S/C73H47N3O/c1-4-20-48(21-5-1)49-38-40-52(41-39-49)74(50-22-6-2-7-23-50)53-26-18-27-54(46-53)75(68-36-19-32-59-58-29-13-17-37-69(58)77-72(59)68)55-42-43-57-56-28-10-14-33-62(56)73(65(57)47-55)63-34-15-11-30-60(63)70-64(73)44-45-67-71(70)61-31-12-16-35-66(61)76(67)51-24-8-3-9-25-51/h1-47H. The van der Waals surface area contributed by atoms with Crippen LogP contribution < -0.4 is 9.80 Å². The van der Waals surface area contributed by atoms with Gasteiger partial charge < -0.3 is 18.8 Å². The minimum atomic E-state index is -0.618. The number of hydrogen-bond donors (Lipinski definition) is 0. The van der Waals surface area contributed by atoms with Crippen LogP contribution in [0, 0.1) is 0 Å². The summed E-state index contributed by atoms with van der Waals surface area (Å²) in [5.41, 5.74) is 23.4. The van der Waals surface area contributed by atoms with Crippen LogP contribution in [0.5, 0.6) is 0 Å². The van der Waals surface area contributed by atoms with Crippen molar-refractivity contribution in [2.45, 2.75) is 5.41 Å². The molecule has 4 nitrogen and oxygen atoms in total. The second kappa shape index (κ2) is 16.9. The van der Waals surface area contributed by atoms with Gasteiger partial charge in [0.2, 0.25) is 0 Å². The minimum absolute atomic E-state index is 0.618. The van der Waals surface area contributed by atoms with Crippen molar-refractivity contribution >= 4 is 77.9 Å². The fourth-order valence-corrected chi connectivity index (χ4v) is 13.2. The number of furan rings is 1. The zero-order chi connectivity index (χ0) is 50.6.